The molecule has 1 fully saturated rings. The molecule has 0 aliphatic carbocycles. The van der Waals surface area contributed by atoms with E-state index in [2.05, 4.69) is 4.90 Å². The highest BCUT2D eigenvalue weighted by atomic mass is 32.2. The molecule has 0 atom stereocenters. The molecule has 0 bridgehead atoms. The molecule has 7 nitrogen and oxygen atoms in total. The molecule has 0 amide bonds. The zero-order valence-electron chi connectivity index (χ0n) is 20.7. The van der Waals surface area contributed by atoms with Crippen molar-refractivity contribution in [1.29, 1.82) is 0 Å². The van der Waals surface area contributed by atoms with E-state index in [-0.39, 0.29) is 10.9 Å². The molecule has 36 heavy (non-hydrogen) atoms. The predicted octanol–water partition coefficient (Wildman–Crippen LogP) is 4.71. The summed E-state index contributed by atoms with van der Waals surface area (Å²) in [4.78, 5) is 2.36. The number of hydrogen-bond acceptors (Lipinski definition) is 6. The molecule has 0 radical (unpaired) electrons. The fourth-order valence-corrected chi connectivity index (χ4v) is 6.23. The topological polar surface area (TPSA) is 68.3 Å². The van der Waals surface area contributed by atoms with Crippen LogP contribution in [0, 0.1) is 5.82 Å². The van der Waals surface area contributed by atoms with Crippen molar-refractivity contribution in [3.05, 3.63) is 78.1 Å². The minimum absolute atomic E-state index is 0.0411. The molecule has 9 heteroatoms. The van der Waals surface area contributed by atoms with Crippen LogP contribution in [0.15, 0.2) is 71.6 Å². The smallest absolute Gasteiger partial charge is 0.264 e. The van der Waals surface area contributed by atoms with E-state index in [0.717, 1.165) is 37.5 Å². The Morgan fingerprint density at radius 3 is 2.08 bits per heavy atom. The van der Waals surface area contributed by atoms with Crippen molar-refractivity contribution in [2.45, 2.75) is 30.3 Å². The summed E-state index contributed by atoms with van der Waals surface area (Å²) >= 11 is 0. The van der Waals surface area contributed by atoms with Gasteiger partial charge in [0.1, 0.15) is 11.6 Å². The Kier molecular flexibility index (Phi) is 8.01. The molecule has 0 aromatic heterocycles. The van der Waals surface area contributed by atoms with Gasteiger partial charge in [0.2, 0.25) is 0 Å². The largest absolute Gasteiger partial charge is 0.497 e. The number of hydrogen-bond donors (Lipinski definition) is 0. The molecule has 4 rings (SSSR count). The normalized spacial score (nSPS) is 14.9. The molecule has 0 unspecified atom stereocenters. The van der Waals surface area contributed by atoms with Crippen LogP contribution in [0.25, 0.3) is 0 Å². The number of halogens is 1. The lowest BCUT2D eigenvalue weighted by Crippen LogP contribution is -2.47. The SMILES string of the molecule is COc1ccc(CN2CCC(N(c3ccc(OC)c(OC)c3)S(=O)(=O)c3ccc(F)cc3)CC2)cc1. The first-order chi connectivity index (χ1) is 17.3. The fraction of sp³-hybridized carbons (Fsp3) is 0.333. The average molecular weight is 515 g/mol. The summed E-state index contributed by atoms with van der Waals surface area (Å²) in [6.45, 7) is 2.25. The lowest BCUT2D eigenvalue weighted by atomic mass is 10.0. The molecule has 3 aromatic rings. The van der Waals surface area contributed by atoms with E-state index in [1.54, 1.807) is 25.3 Å². The first-order valence-electron chi connectivity index (χ1n) is 11.7. The molecule has 1 heterocycles. The van der Waals surface area contributed by atoms with Gasteiger partial charge in [-0.1, -0.05) is 12.1 Å². The van der Waals surface area contributed by atoms with Gasteiger partial charge in [-0.25, -0.2) is 12.8 Å². The van der Waals surface area contributed by atoms with Crippen LogP contribution >= 0.6 is 0 Å². The summed E-state index contributed by atoms with van der Waals surface area (Å²) in [5, 5.41) is 0. The van der Waals surface area contributed by atoms with Crippen molar-refractivity contribution in [1.82, 2.24) is 4.90 Å². The highest BCUT2D eigenvalue weighted by Gasteiger charge is 2.34. The number of nitrogens with zero attached hydrogens (tertiary/aromatic N) is 2. The number of sulfonamides is 1. The highest BCUT2D eigenvalue weighted by molar-refractivity contribution is 7.92. The van der Waals surface area contributed by atoms with Gasteiger partial charge >= 0.3 is 0 Å². The monoisotopic (exact) mass is 514 g/mol. The number of ether oxygens (including phenoxy) is 3. The Morgan fingerprint density at radius 1 is 0.861 bits per heavy atom. The van der Waals surface area contributed by atoms with Gasteiger partial charge in [0.25, 0.3) is 10.0 Å². The zero-order valence-corrected chi connectivity index (χ0v) is 21.5. The maximum atomic E-state index is 13.8. The molecule has 192 valence electrons. The average Bonchev–Trinajstić information content (AvgIpc) is 2.90. The zero-order chi connectivity index (χ0) is 25.7. The van der Waals surface area contributed by atoms with Crippen LogP contribution in [0.1, 0.15) is 18.4 Å². The van der Waals surface area contributed by atoms with Crippen LogP contribution in [0.5, 0.6) is 17.2 Å². The van der Waals surface area contributed by atoms with Gasteiger partial charge in [-0.05, 0) is 66.9 Å². The molecular formula is C27H31FN2O5S. The number of piperidine rings is 1. The maximum absolute atomic E-state index is 13.8. The third-order valence-electron chi connectivity index (χ3n) is 6.45. The third kappa shape index (κ3) is 5.57. The van der Waals surface area contributed by atoms with Crippen LogP contribution in [-0.2, 0) is 16.6 Å². The van der Waals surface area contributed by atoms with E-state index in [1.807, 2.05) is 24.3 Å². The van der Waals surface area contributed by atoms with Gasteiger partial charge in [-0.3, -0.25) is 9.21 Å². The first kappa shape index (κ1) is 25.8. The summed E-state index contributed by atoms with van der Waals surface area (Å²) < 4.78 is 58.7. The lowest BCUT2D eigenvalue weighted by molar-refractivity contribution is 0.206. The van der Waals surface area contributed by atoms with Crippen molar-refractivity contribution < 1.29 is 27.0 Å². The van der Waals surface area contributed by atoms with Crippen molar-refractivity contribution in [3.63, 3.8) is 0 Å². The van der Waals surface area contributed by atoms with Gasteiger partial charge in [0.15, 0.2) is 11.5 Å². The number of anilines is 1. The van der Waals surface area contributed by atoms with E-state index in [4.69, 9.17) is 14.2 Å². The van der Waals surface area contributed by atoms with Crippen molar-refractivity contribution >= 4 is 15.7 Å². The van der Waals surface area contributed by atoms with Crippen LogP contribution < -0.4 is 18.5 Å². The Labute approximate surface area is 212 Å². The second-order valence-electron chi connectivity index (χ2n) is 8.65. The van der Waals surface area contributed by atoms with E-state index >= 15 is 0 Å². The van der Waals surface area contributed by atoms with Crippen molar-refractivity contribution in [2.75, 3.05) is 38.7 Å². The van der Waals surface area contributed by atoms with Crippen LogP contribution in [0.4, 0.5) is 10.1 Å². The van der Waals surface area contributed by atoms with Gasteiger partial charge in [-0.2, -0.15) is 0 Å². The van der Waals surface area contributed by atoms with Gasteiger partial charge < -0.3 is 14.2 Å². The maximum Gasteiger partial charge on any atom is 0.264 e. The Bertz CT molecular complexity index is 1260. The summed E-state index contributed by atoms with van der Waals surface area (Å²) in [5.41, 5.74) is 1.65. The molecule has 0 spiro atoms. The number of likely N-dealkylation sites (tertiary alicyclic amines) is 1. The lowest BCUT2D eigenvalue weighted by Gasteiger charge is -2.39. The first-order valence-corrected chi connectivity index (χ1v) is 13.2. The predicted molar refractivity (Wildman–Crippen MR) is 137 cm³/mol. The molecule has 0 N–H and O–H groups in total. The summed E-state index contributed by atoms with van der Waals surface area (Å²) in [5.74, 6) is 1.27. The standard InChI is InChI=1S/C27H31FN2O5S/c1-33-24-9-4-20(5-10-24)19-29-16-14-22(15-17-29)30(23-8-13-26(34-2)27(18-23)35-3)36(31,32)25-11-6-21(28)7-12-25/h4-13,18,22H,14-17,19H2,1-3H3. The van der Waals surface area contributed by atoms with E-state index in [1.165, 1.54) is 36.2 Å². The van der Waals surface area contributed by atoms with Gasteiger partial charge in [-0.15, -0.1) is 0 Å². The number of methoxy groups -OCH3 is 3. The fourth-order valence-electron chi connectivity index (χ4n) is 4.53. The van der Waals surface area contributed by atoms with E-state index < -0.39 is 15.8 Å². The quantitative estimate of drug-likeness (QED) is 0.412. The Balaban J connectivity index is 1.60. The molecule has 0 saturated carbocycles. The molecule has 3 aromatic carbocycles. The molecule has 1 aliphatic heterocycles. The highest BCUT2D eigenvalue weighted by Crippen LogP contribution is 2.37. The summed E-state index contributed by atoms with van der Waals surface area (Å²) in [6.07, 6.45) is 1.29. The Morgan fingerprint density at radius 2 is 1.50 bits per heavy atom. The van der Waals surface area contributed by atoms with E-state index in [9.17, 15) is 12.8 Å². The van der Waals surface area contributed by atoms with Crippen LogP contribution in [-0.4, -0.2) is 53.8 Å². The summed E-state index contributed by atoms with van der Waals surface area (Å²) in [7, 11) is 0.724. The van der Waals surface area contributed by atoms with Crippen LogP contribution in [0.3, 0.4) is 0 Å². The van der Waals surface area contributed by atoms with Crippen molar-refractivity contribution in [3.8, 4) is 17.2 Å². The Hall–Kier alpha value is -3.30. The van der Waals surface area contributed by atoms with Crippen LogP contribution in [0.2, 0.25) is 0 Å². The minimum Gasteiger partial charge on any atom is -0.497 e. The minimum atomic E-state index is -3.96. The number of benzene rings is 3. The molecular weight excluding hydrogens is 483 g/mol. The second kappa shape index (κ2) is 11.2. The number of rotatable bonds is 9. The molecule has 1 saturated heterocycles. The summed E-state index contributed by atoms with van der Waals surface area (Å²) in [6, 6.07) is 17.7. The third-order valence-corrected chi connectivity index (χ3v) is 8.34. The van der Waals surface area contributed by atoms with Crippen molar-refractivity contribution in [2.24, 2.45) is 0 Å². The second-order valence-corrected chi connectivity index (χ2v) is 10.5. The van der Waals surface area contributed by atoms with Gasteiger partial charge in [0, 0.05) is 31.7 Å². The van der Waals surface area contributed by atoms with Gasteiger partial charge in [0.05, 0.1) is 31.9 Å². The van der Waals surface area contributed by atoms with E-state index in [0.29, 0.717) is 30.0 Å². The molecule has 1 aliphatic rings.